The molecule has 3 atom stereocenters. The lowest BCUT2D eigenvalue weighted by Crippen LogP contribution is -2.50. The number of hydrogen-bond donors (Lipinski definition) is 7. The van der Waals surface area contributed by atoms with E-state index in [9.17, 15) is 14.7 Å². The summed E-state index contributed by atoms with van der Waals surface area (Å²) >= 11 is 0. The number of rotatable bonds is 17. The molecule has 0 fully saturated rings. The van der Waals surface area contributed by atoms with Gasteiger partial charge in [0, 0.05) is 25.3 Å². The first kappa shape index (κ1) is 34.0. The van der Waals surface area contributed by atoms with Crippen LogP contribution in [-0.4, -0.2) is 52.2 Å². The molecular weight excluding hydrogens is 560 g/mol. The lowest BCUT2D eigenvalue weighted by Gasteiger charge is -2.24. The molecular formula is C32H46N8O4. The van der Waals surface area contributed by atoms with Gasteiger partial charge >= 0.3 is 0 Å². The van der Waals surface area contributed by atoms with Crippen molar-refractivity contribution >= 4 is 17.8 Å². The summed E-state index contributed by atoms with van der Waals surface area (Å²) in [6.07, 6.45) is 3.93. The van der Waals surface area contributed by atoms with Crippen LogP contribution in [-0.2, 0) is 22.4 Å². The van der Waals surface area contributed by atoms with Crippen LogP contribution in [0.5, 0.6) is 5.75 Å². The average Bonchev–Trinajstić information content (AvgIpc) is 3.44. The molecule has 9 N–H and O–H groups in total. The maximum absolute atomic E-state index is 13.9. The molecule has 0 radical (unpaired) electrons. The summed E-state index contributed by atoms with van der Waals surface area (Å²) in [5.74, 6) is -0.178. The zero-order valence-electron chi connectivity index (χ0n) is 25.9. The highest BCUT2D eigenvalue weighted by Gasteiger charge is 2.29. The van der Waals surface area contributed by atoms with Crippen LogP contribution in [0.2, 0.25) is 0 Å². The van der Waals surface area contributed by atoms with Gasteiger partial charge in [-0.3, -0.25) is 15.0 Å². The van der Waals surface area contributed by atoms with E-state index >= 15 is 0 Å². The number of nitrogens with two attached hydrogens (primary N) is 2. The number of phenols is 1. The number of guanidine groups is 1. The fraction of sp³-hybridized carbons (Fsp3) is 0.469. The Morgan fingerprint density at radius 2 is 1.73 bits per heavy atom. The molecule has 12 heteroatoms. The van der Waals surface area contributed by atoms with Gasteiger partial charge in [-0.25, -0.2) is 0 Å². The summed E-state index contributed by atoms with van der Waals surface area (Å²) in [6, 6.07) is 11.6. The monoisotopic (exact) mass is 606 g/mol. The van der Waals surface area contributed by atoms with Crippen LogP contribution in [0.4, 0.5) is 0 Å². The van der Waals surface area contributed by atoms with Crippen molar-refractivity contribution in [1.29, 1.82) is 5.41 Å². The van der Waals surface area contributed by atoms with E-state index in [1.807, 2.05) is 44.2 Å². The molecule has 1 heterocycles. The molecule has 0 saturated carbocycles. The van der Waals surface area contributed by atoms with Crippen LogP contribution in [0.3, 0.4) is 0 Å². The van der Waals surface area contributed by atoms with E-state index in [2.05, 4.69) is 26.1 Å². The van der Waals surface area contributed by atoms with Gasteiger partial charge < -0.3 is 37.0 Å². The van der Waals surface area contributed by atoms with Crippen molar-refractivity contribution in [3.8, 4) is 5.75 Å². The molecule has 238 valence electrons. The van der Waals surface area contributed by atoms with Gasteiger partial charge in [0.1, 0.15) is 17.8 Å². The first-order valence-electron chi connectivity index (χ1n) is 15.1. The highest BCUT2D eigenvalue weighted by atomic mass is 16.5. The van der Waals surface area contributed by atoms with Crippen LogP contribution < -0.4 is 27.4 Å². The van der Waals surface area contributed by atoms with Crippen molar-refractivity contribution in [3.63, 3.8) is 0 Å². The molecule has 2 aromatic carbocycles. The highest BCUT2D eigenvalue weighted by Crippen LogP contribution is 2.24. The summed E-state index contributed by atoms with van der Waals surface area (Å²) < 4.78 is 5.62. The van der Waals surface area contributed by atoms with Crippen LogP contribution in [0, 0.1) is 25.2 Å². The first-order valence-corrected chi connectivity index (χ1v) is 15.1. The zero-order chi connectivity index (χ0) is 32.1. The summed E-state index contributed by atoms with van der Waals surface area (Å²) in [5.41, 5.74) is 14.6. The van der Waals surface area contributed by atoms with Gasteiger partial charge in [-0.15, -0.1) is 0 Å². The molecule has 2 amide bonds. The topological polar surface area (TPSA) is 205 Å². The van der Waals surface area contributed by atoms with Crippen molar-refractivity contribution in [3.05, 3.63) is 76.4 Å². The number of aromatic nitrogens is 2. The van der Waals surface area contributed by atoms with E-state index in [0.29, 0.717) is 50.5 Å². The van der Waals surface area contributed by atoms with Crippen molar-refractivity contribution in [2.45, 2.75) is 77.8 Å². The molecule has 0 aliphatic heterocycles. The molecule has 0 bridgehead atoms. The molecule has 0 unspecified atom stereocenters. The Hall–Kier alpha value is -4.45. The molecule has 3 rings (SSSR count). The average molecular weight is 607 g/mol. The number of aromatic hydroxyl groups is 1. The van der Waals surface area contributed by atoms with E-state index in [1.165, 1.54) is 0 Å². The first-order chi connectivity index (χ1) is 21.1. The van der Waals surface area contributed by atoms with Crippen molar-refractivity contribution in [2.24, 2.45) is 17.4 Å². The summed E-state index contributed by atoms with van der Waals surface area (Å²) in [5, 5.41) is 30.2. The van der Waals surface area contributed by atoms with E-state index < -0.39 is 12.1 Å². The van der Waals surface area contributed by atoms with Gasteiger partial charge in [-0.2, -0.15) is 4.98 Å². The number of carbonyl (C=O) groups excluding carboxylic acids is 2. The Bertz CT molecular complexity index is 1350. The molecule has 0 aliphatic carbocycles. The number of benzene rings is 2. The summed E-state index contributed by atoms with van der Waals surface area (Å²) in [6.45, 7) is 6.53. The van der Waals surface area contributed by atoms with Crippen LogP contribution in [0.25, 0.3) is 0 Å². The molecule has 12 nitrogen and oxygen atoms in total. The second-order valence-corrected chi connectivity index (χ2v) is 11.3. The predicted molar refractivity (Wildman–Crippen MR) is 169 cm³/mol. The van der Waals surface area contributed by atoms with Gasteiger partial charge in [0.15, 0.2) is 11.8 Å². The molecule has 3 aromatic rings. The van der Waals surface area contributed by atoms with Gasteiger partial charge in [0.05, 0.1) is 0 Å². The van der Waals surface area contributed by atoms with Crippen LogP contribution in [0.1, 0.15) is 79.0 Å². The smallest absolute Gasteiger partial charge is 0.249 e. The number of unbranched alkanes of at least 4 members (excludes halogenated alkanes) is 1. The molecule has 44 heavy (non-hydrogen) atoms. The highest BCUT2D eigenvalue weighted by molar-refractivity contribution is 5.89. The van der Waals surface area contributed by atoms with Crippen LogP contribution in [0.15, 0.2) is 47.0 Å². The fourth-order valence-electron chi connectivity index (χ4n) is 5.06. The van der Waals surface area contributed by atoms with Crippen molar-refractivity contribution < 1.29 is 19.2 Å². The standard InChI is InChI=1S/C32H46N8O4/c1-20(10-9-15-36-32(34)35)29(42)38-27(19-25-21(2)16-24(41)17-22(25)3)30(43)37-26(13-7-8-14-33)31-39-28(40-44-31)18-23-11-5-4-6-12-23/h4-6,11-12,16-17,20,26-27,41H,7-10,13-15,18-19,33H2,1-3H3,(H,37,43)(H,38,42)(H4,34,35,36)/t20-,26+,27+/m1/s1. The van der Waals surface area contributed by atoms with Crippen molar-refractivity contribution in [2.75, 3.05) is 13.1 Å². The van der Waals surface area contributed by atoms with Crippen molar-refractivity contribution in [1.82, 2.24) is 26.1 Å². The zero-order valence-corrected chi connectivity index (χ0v) is 25.9. The van der Waals surface area contributed by atoms with E-state index in [4.69, 9.17) is 21.4 Å². The maximum Gasteiger partial charge on any atom is 0.249 e. The van der Waals surface area contributed by atoms with E-state index in [1.54, 1.807) is 19.1 Å². The Morgan fingerprint density at radius 3 is 2.39 bits per heavy atom. The second-order valence-electron chi connectivity index (χ2n) is 11.3. The van der Waals surface area contributed by atoms with Gasteiger partial charge in [0.2, 0.25) is 17.7 Å². The van der Waals surface area contributed by atoms with Crippen LogP contribution >= 0.6 is 0 Å². The minimum atomic E-state index is -0.897. The SMILES string of the molecule is Cc1cc(O)cc(C)c1C[C@H](NC(=O)[C@H](C)CCCNC(=N)N)C(=O)N[C@@H](CCCCN)c1nc(Cc2ccccc2)no1. The number of amides is 2. The summed E-state index contributed by atoms with van der Waals surface area (Å²) in [4.78, 5) is 31.8. The fourth-order valence-corrected chi connectivity index (χ4v) is 5.06. The van der Waals surface area contributed by atoms with Gasteiger partial charge in [0.25, 0.3) is 0 Å². The lowest BCUT2D eigenvalue weighted by atomic mass is 9.94. The Kier molecular flexibility index (Phi) is 13.2. The van der Waals surface area contributed by atoms with Gasteiger partial charge in [-0.05, 0) is 86.9 Å². The summed E-state index contributed by atoms with van der Waals surface area (Å²) in [7, 11) is 0. The van der Waals surface area contributed by atoms with E-state index in [0.717, 1.165) is 35.1 Å². The van der Waals surface area contributed by atoms with E-state index in [-0.39, 0.29) is 35.9 Å². The minimum absolute atomic E-state index is 0.118. The predicted octanol–water partition coefficient (Wildman–Crippen LogP) is 2.90. The molecule has 0 aliphatic rings. The number of nitrogens with zero attached hydrogens (tertiary/aromatic N) is 2. The second kappa shape index (κ2) is 17.0. The number of nitrogens with one attached hydrogen (secondary N) is 4. The third-order valence-electron chi connectivity index (χ3n) is 7.55. The maximum atomic E-state index is 13.9. The third kappa shape index (κ3) is 10.7. The Morgan fingerprint density at radius 1 is 1.02 bits per heavy atom. The quantitative estimate of drug-likeness (QED) is 0.0684. The lowest BCUT2D eigenvalue weighted by molar-refractivity contribution is -0.131. The number of hydrogen-bond acceptors (Lipinski definition) is 8. The molecule has 0 saturated heterocycles. The normalized spacial score (nSPS) is 13.1. The third-order valence-corrected chi connectivity index (χ3v) is 7.55. The minimum Gasteiger partial charge on any atom is -0.508 e. The number of phenolic OH excluding ortho intramolecular Hbond substituents is 1. The Labute approximate surface area is 258 Å². The number of carbonyl (C=O) groups is 2. The van der Waals surface area contributed by atoms with Gasteiger partial charge in [-0.1, -0.05) is 42.4 Å². The Balaban J connectivity index is 1.81. The number of aryl methyl sites for hydroxylation is 2. The molecule has 0 spiro atoms. The molecule has 1 aromatic heterocycles. The largest absolute Gasteiger partial charge is 0.508 e.